The third kappa shape index (κ3) is 4.60. The summed E-state index contributed by atoms with van der Waals surface area (Å²) in [5, 5.41) is 2.76. The number of hydrogen-bond acceptors (Lipinski definition) is 2. The number of rotatable bonds is 6. The minimum Gasteiger partial charge on any atom is -0.355 e. The molecule has 1 heterocycles. The lowest BCUT2D eigenvalue weighted by Gasteiger charge is -2.33. The van der Waals surface area contributed by atoms with E-state index in [-0.39, 0.29) is 11.8 Å². The summed E-state index contributed by atoms with van der Waals surface area (Å²) in [6.45, 7) is 5.74. The highest BCUT2D eigenvalue weighted by molar-refractivity contribution is 6.01. The van der Waals surface area contributed by atoms with Crippen molar-refractivity contribution in [3.05, 3.63) is 69.8 Å². The Labute approximate surface area is 192 Å². The summed E-state index contributed by atoms with van der Waals surface area (Å²) in [6.07, 6.45) is 7.74. The molecule has 2 amide bonds. The van der Waals surface area contributed by atoms with Crippen molar-refractivity contribution >= 4 is 11.8 Å². The Hall–Kier alpha value is -2.62. The van der Waals surface area contributed by atoms with Crippen molar-refractivity contribution in [3.63, 3.8) is 0 Å². The molecule has 32 heavy (non-hydrogen) atoms. The van der Waals surface area contributed by atoms with Crippen LogP contribution in [0.5, 0.6) is 0 Å². The van der Waals surface area contributed by atoms with Gasteiger partial charge in [-0.05, 0) is 79.2 Å². The second kappa shape index (κ2) is 9.89. The fourth-order valence-electron chi connectivity index (χ4n) is 5.18. The largest absolute Gasteiger partial charge is 0.355 e. The van der Waals surface area contributed by atoms with Crippen LogP contribution in [0.25, 0.3) is 0 Å². The zero-order valence-corrected chi connectivity index (χ0v) is 19.7. The number of nitrogens with one attached hydrogen (secondary N) is 1. The Morgan fingerprint density at radius 2 is 1.66 bits per heavy atom. The highest BCUT2D eigenvalue weighted by Gasteiger charge is 2.29. The van der Waals surface area contributed by atoms with Crippen molar-refractivity contribution < 1.29 is 9.59 Å². The monoisotopic (exact) mass is 432 g/mol. The van der Waals surface area contributed by atoms with Crippen LogP contribution in [0.4, 0.5) is 0 Å². The molecule has 2 aliphatic rings. The Balaban J connectivity index is 1.47. The van der Waals surface area contributed by atoms with Gasteiger partial charge in [0, 0.05) is 31.3 Å². The molecule has 1 aliphatic heterocycles. The molecule has 2 aromatic carbocycles. The highest BCUT2D eigenvalue weighted by atomic mass is 16.2. The fourth-order valence-corrected chi connectivity index (χ4v) is 5.18. The maximum atomic E-state index is 13.4. The van der Waals surface area contributed by atoms with Crippen LogP contribution in [0.1, 0.15) is 100 Å². The zero-order chi connectivity index (χ0) is 22.7. The number of piperidine rings is 1. The molecule has 4 rings (SSSR count). The van der Waals surface area contributed by atoms with Crippen LogP contribution in [0, 0.1) is 6.92 Å². The molecule has 2 aromatic rings. The third-order valence-electron chi connectivity index (χ3n) is 7.42. The van der Waals surface area contributed by atoms with Crippen molar-refractivity contribution in [1.29, 1.82) is 0 Å². The van der Waals surface area contributed by atoms with Gasteiger partial charge in [-0.2, -0.15) is 0 Å². The molecule has 1 aliphatic carbocycles. The Morgan fingerprint density at radius 3 is 2.22 bits per heavy atom. The quantitative estimate of drug-likeness (QED) is 0.646. The number of hydrogen-bond donors (Lipinski definition) is 1. The molecule has 170 valence electrons. The smallest absolute Gasteiger partial charge is 0.254 e. The second-order valence-electron chi connectivity index (χ2n) is 9.52. The molecule has 0 atom stereocenters. The molecule has 4 nitrogen and oxygen atoms in total. The Bertz CT molecular complexity index is 968. The number of aryl methyl sites for hydroxylation is 2. The van der Waals surface area contributed by atoms with Crippen molar-refractivity contribution in [3.8, 4) is 0 Å². The van der Waals surface area contributed by atoms with E-state index < -0.39 is 0 Å². The van der Waals surface area contributed by atoms with Crippen LogP contribution in [0.2, 0.25) is 0 Å². The number of benzene rings is 2. The van der Waals surface area contributed by atoms with Crippen LogP contribution >= 0.6 is 0 Å². The van der Waals surface area contributed by atoms with E-state index in [4.69, 9.17) is 0 Å². The van der Waals surface area contributed by atoms with Crippen LogP contribution in [0.15, 0.2) is 36.4 Å². The summed E-state index contributed by atoms with van der Waals surface area (Å²) in [7, 11) is 1.66. The van der Waals surface area contributed by atoms with Crippen molar-refractivity contribution in [2.24, 2.45) is 0 Å². The second-order valence-corrected chi connectivity index (χ2v) is 9.52. The minimum atomic E-state index is -0.0915. The predicted molar refractivity (Wildman–Crippen MR) is 129 cm³/mol. The van der Waals surface area contributed by atoms with Crippen LogP contribution in [-0.2, 0) is 6.42 Å². The number of carbonyl (C=O) groups excluding carboxylic acids is 2. The summed E-state index contributed by atoms with van der Waals surface area (Å²) in [5.74, 6) is 0.929. The first kappa shape index (κ1) is 22.6. The average molecular weight is 433 g/mol. The number of carbonyl (C=O) groups is 2. The van der Waals surface area contributed by atoms with Crippen molar-refractivity contribution in [2.45, 2.75) is 70.6 Å². The third-order valence-corrected chi connectivity index (χ3v) is 7.42. The first-order valence-corrected chi connectivity index (χ1v) is 12.3. The van der Waals surface area contributed by atoms with E-state index in [1.807, 2.05) is 17.9 Å². The van der Waals surface area contributed by atoms with Gasteiger partial charge in [-0.3, -0.25) is 9.59 Å². The maximum absolute atomic E-state index is 13.4. The van der Waals surface area contributed by atoms with E-state index in [0.717, 1.165) is 56.3 Å². The summed E-state index contributed by atoms with van der Waals surface area (Å²) in [6, 6.07) is 13.0. The number of amides is 2. The first-order valence-electron chi connectivity index (χ1n) is 12.3. The van der Waals surface area contributed by atoms with Gasteiger partial charge >= 0.3 is 0 Å². The van der Waals surface area contributed by atoms with Gasteiger partial charge in [-0.1, -0.05) is 50.1 Å². The van der Waals surface area contributed by atoms with Gasteiger partial charge < -0.3 is 10.2 Å². The highest BCUT2D eigenvalue weighted by Crippen LogP contribution is 2.39. The van der Waals surface area contributed by atoms with Gasteiger partial charge in [0.05, 0.1) is 0 Å². The summed E-state index contributed by atoms with van der Waals surface area (Å²) in [5.41, 5.74) is 6.23. The van der Waals surface area contributed by atoms with Gasteiger partial charge in [0.2, 0.25) is 0 Å². The maximum Gasteiger partial charge on any atom is 0.254 e. The molecule has 0 radical (unpaired) electrons. The number of likely N-dealkylation sites (tertiary alicyclic amines) is 1. The van der Waals surface area contributed by atoms with Crippen molar-refractivity contribution in [1.82, 2.24) is 10.2 Å². The van der Waals surface area contributed by atoms with Gasteiger partial charge in [-0.25, -0.2) is 0 Å². The van der Waals surface area contributed by atoms with Gasteiger partial charge in [-0.15, -0.1) is 0 Å². The summed E-state index contributed by atoms with van der Waals surface area (Å²) in [4.78, 5) is 27.9. The lowest BCUT2D eigenvalue weighted by molar-refractivity contribution is 0.0712. The number of nitrogens with zero attached hydrogens (tertiary/aromatic N) is 1. The van der Waals surface area contributed by atoms with E-state index in [2.05, 4.69) is 42.6 Å². The molecule has 2 fully saturated rings. The molecular weight excluding hydrogens is 396 g/mol. The van der Waals surface area contributed by atoms with E-state index in [0.29, 0.717) is 23.0 Å². The molecule has 1 saturated carbocycles. The average Bonchev–Trinajstić information content (AvgIpc) is 2.78. The molecule has 0 unspecified atom stereocenters. The molecule has 0 bridgehead atoms. The lowest BCUT2D eigenvalue weighted by Crippen LogP contribution is -2.38. The van der Waals surface area contributed by atoms with E-state index in [1.54, 1.807) is 7.05 Å². The Morgan fingerprint density at radius 1 is 0.969 bits per heavy atom. The normalized spacial score (nSPS) is 17.2. The molecule has 0 spiro atoms. The first-order chi connectivity index (χ1) is 15.5. The van der Waals surface area contributed by atoms with Gasteiger partial charge in [0.25, 0.3) is 11.8 Å². The molecule has 4 heteroatoms. The van der Waals surface area contributed by atoms with Gasteiger partial charge in [0.15, 0.2) is 0 Å². The van der Waals surface area contributed by atoms with Gasteiger partial charge in [0.1, 0.15) is 0 Å². The summed E-state index contributed by atoms with van der Waals surface area (Å²) < 4.78 is 0. The Kier molecular flexibility index (Phi) is 6.98. The molecule has 1 saturated heterocycles. The minimum absolute atomic E-state index is 0.0598. The molecule has 1 N–H and O–H groups in total. The van der Waals surface area contributed by atoms with Crippen LogP contribution in [-0.4, -0.2) is 36.9 Å². The molecule has 0 aromatic heterocycles. The summed E-state index contributed by atoms with van der Waals surface area (Å²) >= 11 is 0. The standard InChI is InChI=1S/C28H36N2O2/c1-4-6-20-9-11-21(12-10-20)22-13-15-30(16-14-22)28(32)24-18-26(27(31)29-3)25(17-19(24)2)23-7-5-8-23/h9-12,17-18,22-23H,4-8,13-16H2,1-3H3,(H,29,31). The predicted octanol–water partition coefficient (Wildman–Crippen LogP) is 5.59. The zero-order valence-electron chi connectivity index (χ0n) is 19.7. The van der Waals surface area contributed by atoms with E-state index in [1.165, 1.54) is 24.0 Å². The lowest BCUT2D eigenvalue weighted by atomic mass is 9.77. The van der Waals surface area contributed by atoms with Crippen molar-refractivity contribution in [2.75, 3.05) is 20.1 Å². The van der Waals surface area contributed by atoms with Crippen LogP contribution in [0.3, 0.4) is 0 Å². The molecular formula is C28H36N2O2. The fraction of sp³-hybridized carbons (Fsp3) is 0.500. The SMILES string of the molecule is CCCc1ccc(C2CCN(C(=O)c3cc(C(=O)NC)c(C4CCC4)cc3C)CC2)cc1. The van der Waals surface area contributed by atoms with E-state index >= 15 is 0 Å². The topological polar surface area (TPSA) is 49.4 Å². The van der Waals surface area contributed by atoms with E-state index in [9.17, 15) is 9.59 Å². The van der Waals surface area contributed by atoms with Crippen LogP contribution < -0.4 is 5.32 Å².